The molecule has 0 aliphatic rings. The lowest BCUT2D eigenvalue weighted by molar-refractivity contribution is -0.110. The molecule has 0 aliphatic heterocycles. The Kier molecular flexibility index (Phi) is 2.97. The van der Waals surface area contributed by atoms with Gasteiger partial charge in [-0.3, -0.25) is 0 Å². The van der Waals surface area contributed by atoms with Gasteiger partial charge in [-0.25, -0.2) is 4.39 Å². The second-order valence-corrected chi connectivity index (χ2v) is 2.75. The SMILES string of the molecule is CC(F)C(C=O)c1ccccc1. The lowest BCUT2D eigenvalue weighted by Gasteiger charge is -2.10. The Hall–Kier alpha value is -1.18. The minimum Gasteiger partial charge on any atom is -0.303 e. The molecule has 0 aliphatic carbocycles. The van der Waals surface area contributed by atoms with E-state index in [-0.39, 0.29) is 0 Å². The van der Waals surface area contributed by atoms with E-state index >= 15 is 0 Å². The molecule has 2 heteroatoms. The molecular formula is C10H11FO. The Morgan fingerprint density at radius 3 is 2.33 bits per heavy atom. The number of aldehydes is 1. The highest BCUT2D eigenvalue weighted by Gasteiger charge is 2.16. The molecule has 2 atom stereocenters. The summed E-state index contributed by atoms with van der Waals surface area (Å²) in [5.41, 5.74) is 0.738. The molecule has 1 nitrogen and oxygen atoms in total. The van der Waals surface area contributed by atoms with Crippen molar-refractivity contribution < 1.29 is 9.18 Å². The molecule has 0 heterocycles. The Balaban J connectivity index is 2.88. The fraction of sp³-hybridized carbons (Fsp3) is 0.300. The highest BCUT2D eigenvalue weighted by molar-refractivity contribution is 5.62. The van der Waals surface area contributed by atoms with E-state index in [1.54, 1.807) is 24.3 Å². The molecular weight excluding hydrogens is 155 g/mol. The van der Waals surface area contributed by atoms with Crippen molar-refractivity contribution >= 4 is 6.29 Å². The molecule has 1 rings (SSSR count). The van der Waals surface area contributed by atoms with E-state index in [1.165, 1.54) is 6.92 Å². The lowest BCUT2D eigenvalue weighted by atomic mass is 9.97. The highest BCUT2D eigenvalue weighted by Crippen LogP contribution is 2.18. The van der Waals surface area contributed by atoms with Gasteiger partial charge in [0.2, 0.25) is 0 Å². The molecule has 0 fully saturated rings. The van der Waals surface area contributed by atoms with Crippen molar-refractivity contribution in [2.45, 2.75) is 19.0 Å². The zero-order chi connectivity index (χ0) is 8.97. The summed E-state index contributed by atoms with van der Waals surface area (Å²) in [4.78, 5) is 10.5. The Morgan fingerprint density at radius 1 is 1.33 bits per heavy atom. The first-order chi connectivity index (χ1) is 5.75. The Bertz CT molecular complexity index is 243. The van der Waals surface area contributed by atoms with Gasteiger partial charge < -0.3 is 4.79 Å². The second-order valence-electron chi connectivity index (χ2n) is 2.75. The maximum Gasteiger partial charge on any atom is 0.130 e. The monoisotopic (exact) mass is 166 g/mol. The summed E-state index contributed by atoms with van der Waals surface area (Å²) in [5, 5.41) is 0. The Morgan fingerprint density at radius 2 is 1.92 bits per heavy atom. The molecule has 0 saturated heterocycles. The van der Waals surface area contributed by atoms with Crippen LogP contribution in [0.15, 0.2) is 30.3 Å². The normalized spacial score (nSPS) is 15.2. The zero-order valence-corrected chi connectivity index (χ0v) is 6.91. The van der Waals surface area contributed by atoms with E-state index < -0.39 is 12.1 Å². The number of hydrogen-bond acceptors (Lipinski definition) is 1. The van der Waals surface area contributed by atoms with Gasteiger partial charge in [0.15, 0.2) is 0 Å². The van der Waals surface area contributed by atoms with Crippen LogP contribution in [0.4, 0.5) is 4.39 Å². The van der Waals surface area contributed by atoms with Crippen LogP contribution >= 0.6 is 0 Å². The maximum atomic E-state index is 12.8. The third-order valence-electron chi connectivity index (χ3n) is 1.83. The van der Waals surface area contributed by atoms with E-state index in [1.807, 2.05) is 6.07 Å². The number of hydrogen-bond donors (Lipinski definition) is 0. The molecule has 12 heavy (non-hydrogen) atoms. The first kappa shape index (κ1) is 8.91. The molecule has 1 aromatic carbocycles. The number of carbonyl (C=O) groups is 1. The average molecular weight is 166 g/mol. The van der Waals surface area contributed by atoms with Crippen molar-refractivity contribution in [2.75, 3.05) is 0 Å². The van der Waals surface area contributed by atoms with E-state index in [0.717, 1.165) is 5.56 Å². The summed E-state index contributed by atoms with van der Waals surface area (Å²) in [6.07, 6.45) is -0.468. The molecule has 64 valence electrons. The molecule has 0 N–H and O–H groups in total. The number of rotatable bonds is 3. The van der Waals surface area contributed by atoms with Crippen molar-refractivity contribution in [1.82, 2.24) is 0 Å². The summed E-state index contributed by atoms with van der Waals surface area (Å²) < 4.78 is 12.8. The van der Waals surface area contributed by atoms with Crippen molar-refractivity contribution in [3.05, 3.63) is 35.9 Å². The van der Waals surface area contributed by atoms with Gasteiger partial charge in [-0.15, -0.1) is 0 Å². The number of benzene rings is 1. The fourth-order valence-corrected chi connectivity index (χ4v) is 1.13. The molecule has 1 aromatic rings. The van der Waals surface area contributed by atoms with Crippen LogP contribution in [0.25, 0.3) is 0 Å². The quantitative estimate of drug-likeness (QED) is 0.630. The summed E-state index contributed by atoms with van der Waals surface area (Å²) >= 11 is 0. The topological polar surface area (TPSA) is 17.1 Å². The predicted octanol–water partition coefficient (Wildman–Crippen LogP) is 2.33. The van der Waals surface area contributed by atoms with Crippen LogP contribution in [0.3, 0.4) is 0 Å². The zero-order valence-electron chi connectivity index (χ0n) is 6.91. The minimum atomic E-state index is -1.12. The molecule has 2 unspecified atom stereocenters. The van der Waals surface area contributed by atoms with Crippen LogP contribution in [0.1, 0.15) is 18.4 Å². The largest absolute Gasteiger partial charge is 0.303 e. The van der Waals surface area contributed by atoms with Gasteiger partial charge in [0, 0.05) is 0 Å². The van der Waals surface area contributed by atoms with E-state index in [9.17, 15) is 9.18 Å². The third-order valence-corrected chi connectivity index (χ3v) is 1.83. The van der Waals surface area contributed by atoms with Gasteiger partial charge in [0.1, 0.15) is 12.5 Å². The van der Waals surface area contributed by atoms with E-state index in [0.29, 0.717) is 6.29 Å². The van der Waals surface area contributed by atoms with Crippen molar-refractivity contribution in [2.24, 2.45) is 0 Å². The third kappa shape index (κ3) is 1.91. The van der Waals surface area contributed by atoms with Crippen LogP contribution in [-0.4, -0.2) is 12.5 Å². The van der Waals surface area contributed by atoms with Gasteiger partial charge >= 0.3 is 0 Å². The van der Waals surface area contributed by atoms with Gasteiger partial charge in [-0.2, -0.15) is 0 Å². The summed E-state index contributed by atoms with van der Waals surface area (Å²) in [6.45, 7) is 1.39. The number of carbonyl (C=O) groups excluding carboxylic acids is 1. The minimum absolute atomic E-state index is 0.619. The second kappa shape index (κ2) is 4.00. The standard InChI is InChI=1S/C10H11FO/c1-8(11)10(7-12)9-5-3-2-4-6-9/h2-8,10H,1H3. The molecule has 0 radical (unpaired) electrons. The predicted molar refractivity (Wildman–Crippen MR) is 45.8 cm³/mol. The number of alkyl halides is 1. The first-order valence-electron chi connectivity index (χ1n) is 3.90. The van der Waals surface area contributed by atoms with Gasteiger partial charge in [0.05, 0.1) is 5.92 Å². The highest BCUT2D eigenvalue weighted by atomic mass is 19.1. The molecule has 0 amide bonds. The van der Waals surface area contributed by atoms with Crippen LogP contribution in [-0.2, 0) is 4.79 Å². The van der Waals surface area contributed by atoms with Crippen LogP contribution in [0.5, 0.6) is 0 Å². The van der Waals surface area contributed by atoms with E-state index in [4.69, 9.17) is 0 Å². The lowest BCUT2D eigenvalue weighted by Crippen LogP contribution is -2.11. The fourth-order valence-electron chi connectivity index (χ4n) is 1.13. The summed E-state index contributed by atoms with van der Waals surface area (Å²) in [6, 6.07) is 8.96. The molecule has 0 spiro atoms. The van der Waals surface area contributed by atoms with Crippen LogP contribution in [0.2, 0.25) is 0 Å². The van der Waals surface area contributed by atoms with Crippen LogP contribution in [0, 0.1) is 0 Å². The summed E-state index contributed by atoms with van der Waals surface area (Å²) in [5.74, 6) is -0.619. The van der Waals surface area contributed by atoms with Crippen molar-refractivity contribution in [3.8, 4) is 0 Å². The molecule has 0 saturated carbocycles. The first-order valence-corrected chi connectivity index (χ1v) is 3.90. The smallest absolute Gasteiger partial charge is 0.130 e. The molecule has 0 bridgehead atoms. The summed E-state index contributed by atoms with van der Waals surface area (Å²) in [7, 11) is 0. The van der Waals surface area contributed by atoms with Gasteiger partial charge in [0.25, 0.3) is 0 Å². The average Bonchev–Trinajstić information content (AvgIpc) is 2.07. The van der Waals surface area contributed by atoms with Gasteiger partial charge in [-0.05, 0) is 12.5 Å². The van der Waals surface area contributed by atoms with Gasteiger partial charge in [-0.1, -0.05) is 30.3 Å². The van der Waals surface area contributed by atoms with Crippen molar-refractivity contribution in [1.29, 1.82) is 0 Å². The Labute approximate surface area is 71.2 Å². The maximum absolute atomic E-state index is 12.8. The van der Waals surface area contributed by atoms with Crippen molar-refractivity contribution in [3.63, 3.8) is 0 Å². The number of halogens is 1. The van der Waals surface area contributed by atoms with E-state index in [2.05, 4.69) is 0 Å². The van der Waals surface area contributed by atoms with Crippen LogP contribution < -0.4 is 0 Å². The molecule has 0 aromatic heterocycles.